The number of hydrogen-bond acceptors (Lipinski definition) is 4. The Bertz CT molecular complexity index is 936. The van der Waals surface area contributed by atoms with E-state index in [9.17, 15) is 9.50 Å². The molecule has 0 aliphatic carbocycles. The molecule has 1 heterocycles. The lowest BCUT2D eigenvalue weighted by Gasteiger charge is -2.21. The highest BCUT2D eigenvalue weighted by atomic mass is 35.5. The molecule has 8 heteroatoms. The zero-order valence-electron chi connectivity index (χ0n) is 16.2. The van der Waals surface area contributed by atoms with Gasteiger partial charge in [0, 0.05) is 26.0 Å². The summed E-state index contributed by atoms with van der Waals surface area (Å²) in [6.45, 7) is 2.25. The molecule has 0 amide bonds. The number of hydrogen-bond donors (Lipinski definition) is 2. The number of benzene rings is 2. The van der Waals surface area contributed by atoms with Gasteiger partial charge in [0.25, 0.3) is 0 Å². The van der Waals surface area contributed by atoms with E-state index in [0.717, 1.165) is 17.0 Å². The maximum absolute atomic E-state index is 13.7. The quantitative estimate of drug-likeness (QED) is 0.555. The molecule has 156 valence electrons. The number of nitrogens with one attached hydrogen (secondary N) is 1. The van der Waals surface area contributed by atoms with Gasteiger partial charge in [-0.15, -0.1) is 12.4 Å². The Morgan fingerprint density at radius 2 is 2.07 bits per heavy atom. The van der Waals surface area contributed by atoms with Crippen molar-refractivity contribution in [1.29, 1.82) is 0 Å². The van der Waals surface area contributed by atoms with Crippen molar-refractivity contribution in [1.82, 2.24) is 14.9 Å². The van der Waals surface area contributed by atoms with Gasteiger partial charge in [-0.25, -0.2) is 9.37 Å². The third kappa shape index (κ3) is 6.18. The van der Waals surface area contributed by atoms with Gasteiger partial charge in [0.05, 0.1) is 11.1 Å². The Hall–Kier alpha value is -2.12. The number of nitrogens with zero attached hydrogens (tertiary/aromatic N) is 2. The fraction of sp³-hybridized carbons (Fsp3) is 0.286. The molecule has 3 rings (SSSR count). The van der Waals surface area contributed by atoms with Gasteiger partial charge in [0.2, 0.25) is 0 Å². The summed E-state index contributed by atoms with van der Waals surface area (Å²) in [6, 6.07) is 11.4. The largest absolute Gasteiger partial charge is 0.489 e. The smallest absolute Gasteiger partial charge is 0.138 e. The lowest BCUT2D eigenvalue weighted by molar-refractivity contribution is 0.104. The number of rotatable bonds is 8. The van der Waals surface area contributed by atoms with Crippen molar-refractivity contribution in [3.8, 4) is 5.75 Å². The van der Waals surface area contributed by atoms with Crippen molar-refractivity contribution >= 4 is 24.0 Å². The normalized spacial score (nSPS) is 12.9. The molecule has 0 bridgehead atoms. The lowest BCUT2D eigenvalue weighted by Crippen LogP contribution is -2.35. The number of aromatic nitrogens is 2. The van der Waals surface area contributed by atoms with E-state index in [4.69, 9.17) is 16.3 Å². The maximum Gasteiger partial charge on any atom is 0.138 e. The molecule has 0 radical (unpaired) electrons. The standard InChI is InChI=1S/C21H23ClFN3O2.ClH/c1-14-6-7-19(18(22)10-14)28-13-17(27)12-25-20(21-24-8-9-26(21)2)15-4-3-5-16(23)11-15;/h3-11,17,20,25,27H,12-13H2,1-2H3;1H. The number of imidazole rings is 1. The molecule has 3 aromatic rings. The second kappa shape index (κ2) is 10.6. The molecule has 2 unspecified atom stereocenters. The minimum atomic E-state index is -0.784. The average Bonchev–Trinajstić information content (AvgIpc) is 3.07. The van der Waals surface area contributed by atoms with Crippen molar-refractivity contribution in [2.24, 2.45) is 7.05 Å². The first kappa shape index (κ1) is 23.2. The van der Waals surface area contributed by atoms with Crippen molar-refractivity contribution in [2.75, 3.05) is 13.2 Å². The summed E-state index contributed by atoms with van der Waals surface area (Å²) in [5.74, 6) is 0.925. The van der Waals surface area contributed by atoms with E-state index in [1.165, 1.54) is 12.1 Å². The highest BCUT2D eigenvalue weighted by molar-refractivity contribution is 6.32. The molecule has 0 saturated carbocycles. The predicted molar refractivity (Wildman–Crippen MR) is 114 cm³/mol. The van der Waals surface area contributed by atoms with Gasteiger partial charge < -0.3 is 19.7 Å². The number of aliphatic hydroxyl groups is 1. The Morgan fingerprint density at radius 3 is 2.72 bits per heavy atom. The first-order valence-electron chi connectivity index (χ1n) is 8.97. The Labute approximate surface area is 180 Å². The Balaban J connectivity index is 0.00000300. The van der Waals surface area contributed by atoms with E-state index in [2.05, 4.69) is 10.3 Å². The first-order valence-corrected chi connectivity index (χ1v) is 9.35. The summed E-state index contributed by atoms with van der Waals surface area (Å²) in [7, 11) is 1.87. The van der Waals surface area contributed by atoms with Crippen LogP contribution in [-0.2, 0) is 7.05 Å². The monoisotopic (exact) mass is 439 g/mol. The van der Waals surface area contributed by atoms with Gasteiger partial charge in [-0.1, -0.05) is 29.8 Å². The van der Waals surface area contributed by atoms with Crippen LogP contribution in [0.5, 0.6) is 5.75 Å². The third-order valence-corrected chi connectivity index (χ3v) is 4.67. The van der Waals surface area contributed by atoms with Crippen LogP contribution in [0.1, 0.15) is 23.0 Å². The van der Waals surface area contributed by atoms with Crippen LogP contribution >= 0.6 is 24.0 Å². The highest BCUT2D eigenvalue weighted by Gasteiger charge is 2.20. The summed E-state index contributed by atoms with van der Waals surface area (Å²) in [4.78, 5) is 4.36. The van der Waals surface area contributed by atoms with E-state index in [-0.39, 0.29) is 37.4 Å². The minimum absolute atomic E-state index is 0. The second-order valence-electron chi connectivity index (χ2n) is 6.69. The SMILES string of the molecule is Cc1ccc(OCC(O)CNC(c2cccc(F)c2)c2nccn2C)c(Cl)c1.Cl. The van der Waals surface area contributed by atoms with Crippen LogP contribution in [0.25, 0.3) is 0 Å². The minimum Gasteiger partial charge on any atom is -0.489 e. The zero-order chi connectivity index (χ0) is 20.1. The molecule has 2 aromatic carbocycles. The van der Waals surface area contributed by atoms with Crippen LogP contribution in [0, 0.1) is 12.7 Å². The third-order valence-electron chi connectivity index (χ3n) is 4.37. The van der Waals surface area contributed by atoms with E-state index in [1.54, 1.807) is 18.3 Å². The molecule has 29 heavy (non-hydrogen) atoms. The van der Waals surface area contributed by atoms with E-state index in [0.29, 0.717) is 10.8 Å². The highest BCUT2D eigenvalue weighted by Crippen LogP contribution is 2.25. The van der Waals surface area contributed by atoms with E-state index in [1.807, 2.05) is 42.9 Å². The molecule has 2 N–H and O–H groups in total. The van der Waals surface area contributed by atoms with Gasteiger partial charge in [-0.05, 0) is 42.3 Å². The van der Waals surface area contributed by atoms with Crippen LogP contribution in [0.4, 0.5) is 4.39 Å². The van der Waals surface area contributed by atoms with E-state index >= 15 is 0 Å². The molecular weight excluding hydrogens is 416 g/mol. The van der Waals surface area contributed by atoms with Gasteiger partial charge in [-0.2, -0.15) is 0 Å². The molecule has 1 aromatic heterocycles. The fourth-order valence-corrected chi connectivity index (χ4v) is 3.21. The summed E-state index contributed by atoms with van der Waals surface area (Å²) in [5, 5.41) is 14.1. The zero-order valence-corrected chi connectivity index (χ0v) is 17.8. The fourth-order valence-electron chi connectivity index (χ4n) is 2.92. The van der Waals surface area contributed by atoms with Crippen LogP contribution in [0.15, 0.2) is 54.9 Å². The topological polar surface area (TPSA) is 59.3 Å². The van der Waals surface area contributed by atoms with Crippen molar-refractivity contribution in [3.63, 3.8) is 0 Å². The molecule has 5 nitrogen and oxygen atoms in total. The summed E-state index contributed by atoms with van der Waals surface area (Å²) in [6.07, 6.45) is 2.72. The summed E-state index contributed by atoms with van der Waals surface area (Å²) in [5.41, 5.74) is 1.76. The molecule has 2 atom stereocenters. The molecule has 0 saturated heterocycles. The predicted octanol–water partition coefficient (Wildman–Crippen LogP) is 4.06. The average molecular weight is 440 g/mol. The summed E-state index contributed by atoms with van der Waals surface area (Å²) < 4.78 is 21.2. The Morgan fingerprint density at radius 1 is 1.28 bits per heavy atom. The molecule has 0 spiro atoms. The number of ether oxygens (including phenoxy) is 1. The van der Waals surface area contributed by atoms with Gasteiger partial charge in [0.1, 0.15) is 30.1 Å². The van der Waals surface area contributed by atoms with Crippen molar-refractivity contribution in [2.45, 2.75) is 19.1 Å². The number of aryl methyl sites for hydroxylation is 2. The first-order chi connectivity index (χ1) is 13.4. The molecule has 0 aliphatic rings. The second-order valence-corrected chi connectivity index (χ2v) is 7.10. The summed E-state index contributed by atoms with van der Waals surface area (Å²) >= 11 is 6.15. The lowest BCUT2D eigenvalue weighted by atomic mass is 10.1. The van der Waals surface area contributed by atoms with Gasteiger partial charge >= 0.3 is 0 Å². The maximum atomic E-state index is 13.7. The van der Waals surface area contributed by atoms with Crippen LogP contribution < -0.4 is 10.1 Å². The molecule has 0 fully saturated rings. The van der Waals surface area contributed by atoms with E-state index < -0.39 is 6.10 Å². The van der Waals surface area contributed by atoms with Gasteiger partial charge in [0.15, 0.2) is 0 Å². The molecule has 0 aliphatic heterocycles. The van der Waals surface area contributed by atoms with Crippen LogP contribution in [0.2, 0.25) is 5.02 Å². The van der Waals surface area contributed by atoms with Crippen molar-refractivity contribution < 1.29 is 14.2 Å². The molecular formula is C21H24Cl2FN3O2. The van der Waals surface area contributed by atoms with Crippen LogP contribution in [0.3, 0.4) is 0 Å². The van der Waals surface area contributed by atoms with Crippen molar-refractivity contribution in [3.05, 3.63) is 82.6 Å². The Kier molecular flexibility index (Phi) is 8.46. The van der Waals surface area contributed by atoms with Crippen LogP contribution in [-0.4, -0.2) is 33.9 Å². The number of aliphatic hydroxyl groups excluding tert-OH is 1. The van der Waals surface area contributed by atoms with Gasteiger partial charge in [-0.3, -0.25) is 0 Å². The number of halogens is 3.